The molecule has 1 N–H and O–H groups in total. The van der Waals surface area contributed by atoms with Gasteiger partial charge < -0.3 is 9.88 Å². The van der Waals surface area contributed by atoms with Crippen molar-refractivity contribution in [2.45, 2.75) is 6.54 Å². The first-order valence-electron chi connectivity index (χ1n) is 7.33. The first-order valence-corrected chi connectivity index (χ1v) is 7.33. The van der Waals surface area contributed by atoms with E-state index in [1.807, 2.05) is 41.0 Å². The smallest absolute Gasteiger partial charge is 0.244 e. The van der Waals surface area contributed by atoms with Crippen LogP contribution in [0.15, 0.2) is 61.2 Å². The van der Waals surface area contributed by atoms with Crippen molar-refractivity contribution in [3.8, 4) is 5.69 Å². The summed E-state index contributed by atoms with van der Waals surface area (Å²) >= 11 is 0. The Morgan fingerprint density at radius 3 is 2.67 bits per heavy atom. The van der Waals surface area contributed by atoms with E-state index in [1.165, 1.54) is 6.33 Å². The predicted molar refractivity (Wildman–Crippen MR) is 87.5 cm³/mol. The lowest BCUT2D eigenvalue weighted by Gasteiger charge is -2.07. The van der Waals surface area contributed by atoms with E-state index in [-0.39, 0.29) is 12.5 Å². The Morgan fingerprint density at radius 2 is 1.88 bits per heavy atom. The number of rotatable bonds is 4. The third-order valence-corrected chi connectivity index (χ3v) is 3.61. The number of hydrogen-bond donors (Lipinski definition) is 1. The van der Waals surface area contributed by atoms with Crippen molar-refractivity contribution < 1.29 is 4.79 Å². The van der Waals surface area contributed by atoms with Gasteiger partial charge in [-0.3, -0.25) is 4.79 Å². The number of imidazole rings is 1. The Balaban J connectivity index is 1.46. The fourth-order valence-electron chi connectivity index (χ4n) is 2.47. The zero-order valence-corrected chi connectivity index (χ0v) is 12.6. The first-order chi connectivity index (χ1) is 11.8. The number of anilines is 1. The number of carbonyl (C=O) groups is 1. The molecule has 24 heavy (non-hydrogen) atoms. The standard InChI is InChI=1S/C16H13N7O/c24-16(9-22-10-17-14-3-1-2-4-15(14)22)19-12-5-7-13(8-6-12)23-11-18-20-21-23/h1-8,10-11H,9H2,(H,19,24). The molecule has 0 saturated heterocycles. The summed E-state index contributed by atoms with van der Waals surface area (Å²) in [4.78, 5) is 16.5. The summed E-state index contributed by atoms with van der Waals surface area (Å²) in [5, 5.41) is 13.9. The van der Waals surface area contributed by atoms with E-state index in [9.17, 15) is 4.79 Å². The lowest BCUT2D eigenvalue weighted by Crippen LogP contribution is -2.18. The van der Waals surface area contributed by atoms with E-state index in [4.69, 9.17) is 0 Å². The van der Waals surface area contributed by atoms with Gasteiger partial charge in [-0.1, -0.05) is 12.1 Å². The molecule has 0 atom stereocenters. The van der Waals surface area contributed by atoms with Crippen LogP contribution in [-0.2, 0) is 11.3 Å². The van der Waals surface area contributed by atoms with Crippen LogP contribution in [0.1, 0.15) is 0 Å². The summed E-state index contributed by atoms with van der Waals surface area (Å²) < 4.78 is 3.36. The molecule has 1 amide bonds. The Bertz CT molecular complexity index is 973. The topological polar surface area (TPSA) is 90.5 Å². The molecule has 0 saturated carbocycles. The van der Waals surface area contributed by atoms with Crippen molar-refractivity contribution in [1.29, 1.82) is 0 Å². The van der Waals surface area contributed by atoms with Gasteiger partial charge in [-0.15, -0.1) is 5.10 Å². The maximum absolute atomic E-state index is 12.2. The largest absolute Gasteiger partial charge is 0.325 e. The van der Waals surface area contributed by atoms with Crippen LogP contribution < -0.4 is 5.32 Å². The monoisotopic (exact) mass is 319 g/mol. The van der Waals surface area contributed by atoms with Gasteiger partial charge in [0.05, 0.1) is 23.0 Å². The highest BCUT2D eigenvalue weighted by molar-refractivity contribution is 5.91. The molecule has 2 aromatic carbocycles. The zero-order valence-electron chi connectivity index (χ0n) is 12.6. The molecular formula is C16H13N7O. The van der Waals surface area contributed by atoms with Gasteiger partial charge in [0.25, 0.3) is 0 Å². The van der Waals surface area contributed by atoms with Crippen molar-refractivity contribution in [2.24, 2.45) is 0 Å². The summed E-state index contributed by atoms with van der Waals surface area (Å²) in [5.74, 6) is -0.117. The van der Waals surface area contributed by atoms with E-state index in [0.29, 0.717) is 5.69 Å². The number of nitrogens with one attached hydrogen (secondary N) is 1. The number of para-hydroxylation sites is 2. The van der Waals surface area contributed by atoms with Crippen molar-refractivity contribution in [2.75, 3.05) is 5.32 Å². The lowest BCUT2D eigenvalue weighted by molar-refractivity contribution is -0.116. The molecule has 2 heterocycles. The second-order valence-electron chi connectivity index (χ2n) is 5.21. The maximum atomic E-state index is 12.2. The third kappa shape index (κ3) is 2.72. The number of amides is 1. The molecule has 0 bridgehead atoms. The normalized spacial score (nSPS) is 10.8. The highest BCUT2D eigenvalue weighted by atomic mass is 16.1. The van der Waals surface area contributed by atoms with E-state index in [1.54, 1.807) is 23.1 Å². The Labute approximate surface area is 136 Å². The van der Waals surface area contributed by atoms with Crippen LogP contribution in [0, 0.1) is 0 Å². The molecule has 0 aliphatic carbocycles. The summed E-state index contributed by atoms with van der Waals surface area (Å²) in [6.45, 7) is 0.204. The first kappa shape index (κ1) is 14.1. The third-order valence-electron chi connectivity index (χ3n) is 3.61. The molecular weight excluding hydrogens is 306 g/mol. The molecule has 2 aromatic heterocycles. The van der Waals surface area contributed by atoms with Gasteiger partial charge >= 0.3 is 0 Å². The average Bonchev–Trinajstić information content (AvgIpc) is 3.26. The Morgan fingerprint density at radius 1 is 1.04 bits per heavy atom. The summed E-state index contributed by atoms with van der Waals surface area (Å²) in [6.07, 6.45) is 3.18. The molecule has 4 aromatic rings. The number of nitrogens with zero attached hydrogens (tertiary/aromatic N) is 6. The number of tetrazole rings is 1. The van der Waals surface area contributed by atoms with Gasteiger partial charge in [-0.05, 0) is 46.8 Å². The summed E-state index contributed by atoms with van der Waals surface area (Å²) in [6, 6.07) is 15.0. The lowest BCUT2D eigenvalue weighted by atomic mass is 10.3. The molecule has 8 heteroatoms. The second kappa shape index (κ2) is 5.92. The van der Waals surface area contributed by atoms with Gasteiger partial charge in [0.2, 0.25) is 5.91 Å². The summed E-state index contributed by atoms with van der Waals surface area (Å²) in [5.41, 5.74) is 3.33. The highest BCUT2D eigenvalue weighted by Gasteiger charge is 2.07. The van der Waals surface area contributed by atoms with Gasteiger partial charge in [-0.25, -0.2) is 9.67 Å². The fraction of sp³-hybridized carbons (Fsp3) is 0.0625. The number of hydrogen-bond acceptors (Lipinski definition) is 5. The fourth-order valence-corrected chi connectivity index (χ4v) is 2.47. The van der Waals surface area contributed by atoms with E-state index in [2.05, 4.69) is 25.8 Å². The molecule has 0 aliphatic heterocycles. The summed E-state index contributed by atoms with van der Waals surface area (Å²) in [7, 11) is 0. The molecule has 118 valence electrons. The van der Waals surface area contributed by atoms with Gasteiger partial charge in [0, 0.05) is 5.69 Å². The molecule has 0 spiro atoms. The van der Waals surface area contributed by atoms with Gasteiger partial charge in [0.15, 0.2) is 0 Å². The van der Waals surface area contributed by atoms with Crippen molar-refractivity contribution in [3.05, 3.63) is 61.2 Å². The van der Waals surface area contributed by atoms with Crippen LogP contribution in [0.25, 0.3) is 16.7 Å². The van der Waals surface area contributed by atoms with Crippen LogP contribution in [0.4, 0.5) is 5.69 Å². The van der Waals surface area contributed by atoms with Gasteiger partial charge in [0.1, 0.15) is 12.9 Å². The maximum Gasteiger partial charge on any atom is 0.244 e. The molecule has 0 fully saturated rings. The zero-order chi connectivity index (χ0) is 16.4. The van der Waals surface area contributed by atoms with E-state index < -0.39 is 0 Å². The average molecular weight is 319 g/mol. The van der Waals surface area contributed by atoms with Crippen molar-refractivity contribution in [3.63, 3.8) is 0 Å². The second-order valence-corrected chi connectivity index (χ2v) is 5.21. The van der Waals surface area contributed by atoms with Crippen LogP contribution >= 0.6 is 0 Å². The molecule has 0 radical (unpaired) electrons. The van der Waals surface area contributed by atoms with Crippen LogP contribution in [-0.4, -0.2) is 35.7 Å². The number of fused-ring (bicyclic) bond motifs is 1. The van der Waals surface area contributed by atoms with Gasteiger partial charge in [-0.2, -0.15) is 0 Å². The quantitative estimate of drug-likeness (QED) is 0.617. The van der Waals surface area contributed by atoms with Crippen LogP contribution in [0.2, 0.25) is 0 Å². The van der Waals surface area contributed by atoms with Crippen molar-refractivity contribution >= 4 is 22.6 Å². The van der Waals surface area contributed by atoms with Crippen molar-refractivity contribution in [1.82, 2.24) is 29.8 Å². The molecule has 0 unspecified atom stereocenters. The minimum absolute atomic E-state index is 0.117. The highest BCUT2D eigenvalue weighted by Crippen LogP contribution is 2.14. The minimum Gasteiger partial charge on any atom is -0.325 e. The predicted octanol–water partition coefficient (Wildman–Crippen LogP) is 1.65. The SMILES string of the molecule is O=C(Cn1cnc2ccccc21)Nc1ccc(-n2cnnn2)cc1. The minimum atomic E-state index is -0.117. The van der Waals surface area contributed by atoms with Crippen LogP contribution in [0.5, 0.6) is 0 Å². The van der Waals surface area contributed by atoms with E-state index >= 15 is 0 Å². The number of benzene rings is 2. The molecule has 8 nitrogen and oxygen atoms in total. The van der Waals surface area contributed by atoms with E-state index in [0.717, 1.165) is 16.7 Å². The number of aromatic nitrogens is 6. The molecule has 4 rings (SSSR count). The Hall–Kier alpha value is -3.55. The molecule has 0 aliphatic rings. The number of carbonyl (C=O) groups excluding carboxylic acids is 1. The Kier molecular flexibility index (Phi) is 3.47. The van der Waals surface area contributed by atoms with Crippen LogP contribution in [0.3, 0.4) is 0 Å².